The highest BCUT2D eigenvalue weighted by Crippen LogP contribution is 2.03. The maximum Gasteiger partial charge on any atom is 0.328 e. The van der Waals surface area contributed by atoms with E-state index in [0.29, 0.717) is 18.7 Å². The average Bonchev–Trinajstić information content (AvgIpc) is 2.30. The lowest BCUT2D eigenvalue weighted by Crippen LogP contribution is -2.34. The van der Waals surface area contributed by atoms with Gasteiger partial charge in [-0.15, -0.1) is 0 Å². The van der Waals surface area contributed by atoms with Gasteiger partial charge in [0.25, 0.3) is 5.56 Å². The van der Waals surface area contributed by atoms with Gasteiger partial charge in [-0.05, 0) is 12.5 Å². The molecule has 2 aromatic rings. The summed E-state index contributed by atoms with van der Waals surface area (Å²) in [6.45, 7) is 2.16. The first kappa shape index (κ1) is 11.4. The summed E-state index contributed by atoms with van der Waals surface area (Å²) in [5.74, 6) is 0. The summed E-state index contributed by atoms with van der Waals surface area (Å²) < 4.78 is 1.18. The molecule has 17 heavy (non-hydrogen) atoms. The molecular formula is C13H14N2O2. The van der Waals surface area contributed by atoms with Crippen LogP contribution in [0.1, 0.15) is 18.2 Å². The van der Waals surface area contributed by atoms with Gasteiger partial charge < -0.3 is 4.98 Å². The summed E-state index contributed by atoms with van der Waals surface area (Å²) in [7, 11) is 0. The van der Waals surface area contributed by atoms with Crippen molar-refractivity contribution in [3.05, 3.63) is 68.5 Å². The molecule has 0 radical (unpaired) electrons. The Morgan fingerprint density at radius 2 is 1.88 bits per heavy atom. The fourth-order valence-electron chi connectivity index (χ4n) is 1.78. The van der Waals surface area contributed by atoms with Gasteiger partial charge in [-0.3, -0.25) is 9.36 Å². The van der Waals surface area contributed by atoms with E-state index in [0.717, 1.165) is 5.56 Å². The van der Waals surface area contributed by atoms with Crippen LogP contribution in [0, 0.1) is 0 Å². The molecule has 0 aliphatic rings. The van der Waals surface area contributed by atoms with Gasteiger partial charge >= 0.3 is 5.69 Å². The summed E-state index contributed by atoms with van der Waals surface area (Å²) in [6.07, 6.45) is 0.565. The number of H-pyrrole nitrogens is 1. The van der Waals surface area contributed by atoms with E-state index in [4.69, 9.17) is 0 Å². The molecule has 0 amide bonds. The maximum absolute atomic E-state index is 11.6. The molecular weight excluding hydrogens is 216 g/mol. The number of aromatic amines is 1. The Morgan fingerprint density at radius 3 is 2.47 bits per heavy atom. The van der Waals surface area contributed by atoms with Gasteiger partial charge in [0.15, 0.2) is 0 Å². The molecule has 0 saturated heterocycles. The quantitative estimate of drug-likeness (QED) is 0.859. The van der Waals surface area contributed by atoms with E-state index in [2.05, 4.69) is 4.98 Å². The molecule has 4 heteroatoms. The van der Waals surface area contributed by atoms with Crippen LogP contribution in [-0.4, -0.2) is 9.55 Å². The van der Waals surface area contributed by atoms with Gasteiger partial charge in [0.1, 0.15) is 0 Å². The van der Waals surface area contributed by atoms with Crippen molar-refractivity contribution >= 4 is 0 Å². The smallest absolute Gasteiger partial charge is 0.311 e. The summed E-state index contributed by atoms with van der Waals surface area (Å²) in [6, 6.07) is 11.2. The SMILES string of the molecule is CCn1c(=O)cc(Cc2ccccc2)[nH]c1=O. The number of aromatic nitrogens is 2. The number of rotatable bonds is 3. The molecule has 0 aliphatic carbocycles. The number of nitrogens with zero attached hydrogens (tertiary/aromatic N) is 1. The van der Waals surface area contributed by atoms with E-state index in [9.17, 15) is 9.59 Å². The zero-order valence-electron chi connectivity index (χ0n) is 9.64. The second-order valence-corrected chi connectivity index (χ2v) is 3.84. The number of benzene rings is 1. The van der Waals surface area contributed by atoms with E-state index in [-0.39, 0.29) is 11.2 Å². The first-order valence-electron chi connectivity index (χ1n) is 5.57. The van der Waals surface area contributed by atoms with Crippen LogP contribution in [0.5, 0.6) is 0 Å². The standard InChI is InChI=1S/C13H14N2O2/c1-2-15-12(16)9-11(14-13(15)17)8-10-6-4-3-5-7-10/h3-7,9H,2,8H2,1H3,(H,14,17). The summed E-state index contributed by atoms with van der Waals surface area (Å²) in [5.41, 5.74) is 1.13. The Balaban J connectivity index is 2.36. The van der Waals surface area contributed by atoms with E-state index in [1.54, 1.807) is 6.92 Å². The van der Waals surface area contributed by atoms with Crippen molar-refractivity contribution in [2.45, 2.75) is 19.9 Å². The predicted molar refractivity (Wildman–Crippen MR) is 66.2 cm³/mol. The zero-order valence-corrected chi connectivity index (χ0v) is 9.64. The summed E-state index contributed by atoms with van der Waals surface area (Å²) in [4.78, 5) is 25.9. The van der Waals surface area contributed by atoms with Crippen LogP contribution >= 0.6 is 0 Å². The van der Waals surface area contributed by atoms with Crippen LogP contribution in [0.4, 0.5) is 0 Å². The Kier molecular flexibility index (Phi) is 3.23. The fourth-order valence-corrected chi connectivity index (χ4v) is 1.78. The van der Waals surface area contributed by atoms with Crippen LogP contribution in [0.3, 0.4) is 0 Å². The molecule has 4 nitrogen and oxygen atoms in total. The van der Waals surface area contributed by atoms with Gasteiger partial charge in [-0.25, -0.2) is 4.79 Å². The predicted octanol–water partition coefficient (Wildman–Crippen LogP) is 1.15. The Labute approximate surface area is 98.6 Å². The van der Waals surface area contributed by atoms with Crippen molar-refractivity contribution in [3.63, 3.8) is 0 Å². The third-order valence-electron chi connectivity index (χ3n) is 2.63. The minimum atomic E-state index is -0.342. The lowest BCUT2D eigenvalue weighted by Gasteiger charge is -2.04. The van der Waals surface area contributed by atoms with Gasteiger partial charge in [0, 0.05) is 24.7 Å². The normalized spacial score (nSPS) is 10.4. The second kappa shape index (κ2) is 4.82. The Bertz CT molecular complexity index is 580. The molecule has 1 aromatic heterocycles. The molecule has 0 aliphatic heterocycles. The molecule has 0 bridgehead atoms. The highest BCUT2D eigenvalue weighted by atomic mass is 16.2. The summed E-state index contributed by atoms with van der Waals surface area (Å²) in [5, 5.41) is 0. The number of nitrogens with one attached hydrogen (secondary N) is 1. The van der Waals surface area contributed by atoms with Crippen molar-refractivity contribution in [1.29, 1.82) is 0 Å². The van der Waals surface area contributed by atoms with Crippen LogP contribution < -0.4 is 11.2 Å². The maximum atomic E-state index is 11.6. The molecule has 0 spiro atoms. The number of hydrogen-bond donors (Lipinski definition) is 1. The molecule has 0 atom stereocenters. The minimum Gasteiger partial charge on any atom is -0.311 e. The van der Waals surface area contributed by atoms with Crippen LogP contribution in [-0.2, 0) is 13.0 Å². The molecule has 0 unspecified atom stereocenters. The molecule has 0 fully saturated rings. The topological polar surface area (TPSA) is 54.9 Å². The van der Waals surface area contributed by atoms with Gasteiger partial charge in [-0.1, -0.05) is 30.3 Å². The molecule has 88 valence electrons. The first-order chi connectivity index (χ1) is 8.20. The largest absolute Gasteiger partial charge is 0.328 e. The highest BCUT2D eigenvalue weighted by Gasteiger charge is 2.03. The van der Waals surface area contributed by atoms with Gasteiger partial charge in [0.2, 0.25) is 0 Å². The fraction of sp³-hybridized carbons (Fsp3) is 0.231. The third-order valence-corrected chi connectivity index (χ3v) is 2.63. The van der Waals surface area contributed by atoms with E-state index in [1.807, 2.05) is 30.3 Å². The van der Waals surface area contributed by atoms with E-state index in [1.165, 1.54) is 10.6 Å². The second-order valence-electron chi connectivity index (χ2n) is 3.84. The van der Waals surface area contributed by atoms with Crippen LogP contribution in [0.25, 0.3) is 0 Å². The van der Waals surface area contributed by atoms with Crippen molar-refractivity contribution in [3.8, 4) is 0 Å². The highest BCUT2D eigenvalue weighted by molar-refractivity contribution is 5.20. The Hall–Kier alpha value is -2.10. The molecule has 1 N–H and O–H groups in total. The van der Waals surface area contributed by atoms with Crippen molar-refractivity contribution in [2.24, 2.45) is 0 Å². The lowest BCUT2D eigenvalue weighted by molar-refractivity contribution is 0.664. The van der Waals surface area contributed by atoms with Crippen molar-refractivity contribution in [2.75, 3.05) is 0 Å². The van der Waals surface area contributed by atoms with Crippen LogP contribution in [0.15, 0.2) is 46.0 Å². The molecule has 0 saturated carbocycles. The summed E-state index contributed by atoms with van der Waals surface area (Å²) >= 11 is 0. The van der Waals surface area contributed by atoms with Crippen LogP contribution in [0.2, 0.25) is 0 Å². The Morgan fingerprint density at radius 1 is 1.18 bits per heavy atom. The van der Waals surface area contributed by atoms with Gasteiger partial charge in [-0.2, -0.15) is 0 Å². The monoisotopic (exact) mass is 230 g/mol. The van der Waals surface area contributed by atoms with Gasteiger partial charge in [0.05, 0.1) is 0 Å². The molecule has 1 aromatic carbocycles. The molecule has 2 rings (SSSR count). The zero-order chi connectivity index (χ0) is 12.3. The first-order valence-corrected chi connectivity index (χ1v) is 5.57. The van der Waals surface area contributed by atoms with E-state index < -0.39 is 0 Å². The average molecular weight is 230 g/mol. The van der Waals surface area contributed by atoms with E-state index >= 15 is 0 Å². The lowest BCUT2D eigenvalue weighted by atomic mass is 10.1. The molecule has 1 heterocycles. The third kappa shape index (κ3) is 2.53. The van der Waals surface area contributed by atoms with Crippen molar-refractivity contribution in [1.82, 2.24) is 9.55 Å². The number of hydrogen-bond acceptors (Lipinski definition) is 2. The van der Waals surface area contributed by atoms with Crippen molar-refractivity contribution < 1.29 is 0 Å². The minimum absolute atomic E-state index is 0.248.